The molecule has 3 N–H and O–H groups in total. The Labute approximate surface area is 130 Å². The summed E-state index contributed by atoms with van der Waals surface area (Å²) in [5, 5.41) is 3.76. The highest BCUT2D eigenvalue weighted by Gasteiger charge is 2.25. The molecular formula is C16H25BrN2O. The Morgan fingerprint density at radius 2 is 2.15 bits per heavy atom. The Hall–Kier alpha value is -0.580. The van der Waals surface area contributed by atoms with Crippen LogP contribution in [0.3, 0.4) is 0 Å². The third kappa shape index (κ3) is 3.74. The molecule has 0 aliphatic heterocycles. The number of methoxy groups -OCH3 is 1. The van der Waals surface area contributed by atoms with Gasteiger partial charge in [0.25, 0.3) is 0 Å². The van der Waals surface area contributed by atoms with E-state index in [0.717, 1.165) is 16.8 Å². The molecule has 3 atom stereocenters. The number of hydrogen-bond acceptors (Lipinski definition) is 3. The Morgan fingerprint density at radius 3 is 2.80 bits per heavy atom. The maximum Gasteiger partial charge on any atom is 0.133 e. The summed E-state index contributed by atoms with van der Waals surface area (Å²) >= 11 is 3.55. The van der Waals surface area contributed by atoms with Gasteiger partial charge < -0.3 is 15.8 Å². The van der Waals surface area contributed by atoms with Crippen molar-refractivity contribution in [2.24, 2.45) is 11.7 Å². The van der Waals surface area contributed by atoms with Crippen LogP contribution in [0.15, 0.2) is 22.7 Å². The van der Waals surface area contributed by atoms with Crippen LogP contribution in [0.4, 0.5) is 0 Å². The largest absolute Gasteiger partial charge is 0.496 e. The van der Waals surface area contributed by atoms with E-state index in [0.29, 0.717) is 18.0 Å². The van der Waals surface area contributed by atoms with Crippen molar-refractivity contribution in [1.29, 1.82) is 0 Å². The molecule has 0 aromatic heterocycles. The molecule has 112 valence electrons. The second-order valence-electron chi connectivity index (χ2n) is 5.67. The molecule has 0 bridgehead atoms. The average molecular weight is 341 g/mol. The van der Waals surface area contributed by atoms with Crippen LogP contribution in [0, 0.1) is 5.92 Å². The van der Waals surface area contributed by atoms with Gasteiger partial charge in [0.05, 0.1) is 11.6 Å². The SMILES string of the molecule is COc1ccc(C(C)NC2CCCCC2CN)cc1Br. The molecule has 3 unspecified atom stereocenters. The van der Waals surface area contributed by atoms with E-state index in [1.165, 1.54) is 31.2 Å². The van der Waals surface area contributed by atoms with Crippen molar-refractivity contribution in [3.63, 3.8) is 0 Å². The van der Waals surface area contributed by atoms with E-state index in [2.05, 4.69) is 40.3 Å². The first-order chi connectivity index (χ1) is 9.65. The summed E-state index contributed by atoms with van der Waals surface area (Å²) in [6.45, 7) is 3.01. The maximum absolute atomic E-state index is 5.91. The normalized spacial score (nSPS) is 24.4. The first-order valence-electron chi connectivity index (χ1n) is 7.45. The maximum atomic E-state index is 5.91. The predicted molar refractivity (Wildman–Crippen MR) is 87.0 cm³/mol. The molecule has 1 aromatic rings. The van der Waals surface area contributed by atoms with Crippen LogP contribution >= 0.6 is 15.9 Å². The number of nitrogens with one attached hydrogen (secondary N) is 1. The van der Waals surface area contributed by atoms with E-state index >= 15 is 0 Å². The van der Waals surface area contributed by atoms with Crippen LogP contribution < -0.4 is 15.8 Å². The van der Waals surface area contributed by atoms with Gasteiger partial charge in [0, 0.05) is 12.1 Å². The second-order valence-corrected chi connectivity index (χ2v) is 6.52. The first kappa shape index (κ1) is 15.8. The third-order valence-corrected chi connectivity index (χ3v) is 4.97. The lowest BCUT2D eigenvalue weighted by Crippen LogP contribution is -2.42. The summed E-state index contributed by atoms with van der Waals surface area (Å²) in [6, 6.07) is 7.15. The predicted octanol–water partition coefficient (Wildman–Crippen LogP) is 3.63. The Balaban J connectivity index is 2.03. The van der Waals surface area contributed by atoms with Crippen LogP contribution in [-0.2, 0) is 0 Å². The molecule has 0 spiro atoms. The van der Waals surface area contributed by atoms with E-state index in [9.17, 15) is 0 Å². The molecule has 1 saturated carbocycles. The summed E-state index contributed by atoms with van der Waals surface area (Å²) in [5.41, 5.74) is 7.18. The van der Waals surface area contributed by atoms with Crippen molar-refractivity contribution in [2.75, 3.05) is 13.7 Å². The van der Waals surface area contributed by atoms with Crippen LogP contribution in [0.25, 0.3) is 0 Å². The molecule has 0 saturated heterocycles. The average Bonchev–Trinajstić information content (AvgIpc) is 2.47. The van der Waals surface area contributed by atoms with Gasteiger partial charge in [-0.3, -0.25) is 0 Å². The fourth-order valence-electron chi connectivity index (χ4n) is 3.08. The third-order valence-electron chi connectivity index (χ3n) is 4.35. The van der Waals surface area contributed by atoms with Crippen LogP contribution in [0.1, 0.15) is 44.2 Å². The Morgan fingerprint density at radius 1 is 1.40 bits per heavy atom. The number of ether oxygens (including phenoxy) is 1. The Bertz CT molecular complexity index is 438. The molecule has 4 heteroatoms. The zero-order valence-electron chi connectivity index (χ0n) is 12.4. The second kappa shape index (κ2) is 7.43. The lowest BCUT2D eigenvalue weighted by molar-refractivity contribution is 0.252. The molecule has 2 rings (SSSR count). The summed E-state index contributed by atoms with van der Waals surface area (Å²) in [7, 11) is 1.69. The standard InChI is InChI=1S/C16H25BrN2O/c1-11(12-7-8-16(20-2)14(17)9-12)19-15-6-4-3-5-13(15)10-18/h7-9,11,13,15,19H,3-6,10,18H2,1-2H3. The van der Waals surface area contributed by atoms with E-state index in [1.54, 1.807) is 7.11 Å². The minimum absolute atomic E-state index is 0.328. The van der Waals surface area contributed by atoms with E-state index in [4.69, 9.17) is 10.5 Å². The van der Waals surface area contributed by atoms with Crippen molar-refractivity contribution >= 4 is 15.9 Å². The van der Waals surface area contributed by atoms with Gasteiger partial charge >= 0.3 is 0 Å². The van der Waals surface area contributed by atoms with Gasteiger partial charge in [-0.15, -0.1) is 0 Å². The van der Waals surface area contributed by atoms with Gasteiger partial charge in [-0.25, -0.2) is 0 Å². The van der Waals surface area contributed by atoms with E-state index in [-0.39, 0.29) is 0 Å². The highest BCUT2D eigenvalue weighted by atomic mass is 79.9. The topological polar surface area (TPSA) is 47.3 Å². The quantitative estimate of drug-likeness (QED) is 0.860. The smallest absolute Gasteiger partial charge is 0.133 e. The van der Waals surface area contributed by atoms with Crippen molar-refractivity contribution in [1.82, 2.24) is 5.32 Å². The molecule has 1 aliphatic rings. The molecular weight excluding hydrogens is 316 g/mol. The number of halogens is 1. The number of hydrogen-bond donors (Lipinski definition) is 2. The van der Waals surface area contributed by atoms with Gasteiger partial charge in [0.2, 0.25) is 0 Å². The summed E-state index contributed by atoms with van der Waals surface area (Å²) in [6.07, 6.45) is 5.13. The molecule has 0 heterocycles. The summed E-state index contributed by atoms with van der Waals surface area (Å²) < 4.78 is 6.29. The van der Waals surface area contributed by atoms with Crippen LogP contribution in [0.2, 0.25) is 0 Å². The van der Waals surface area contributed by atoms with Crippen LogP contribution in [-0.4, -0.2) is 19.7 Å². The fraction of sp³-hybridized carbons (Fsp3) is 0.625. The lowest BCUT2D eigenvalue weighted by Gasteiger charge is -2.34. The molecule has 1 aromatic carbocycles. The molecule has 0 radical (unpaired) electrons. The van der Waals surface area contributed by atoms with E-state index < -0.39 is 0 Å². The molecule has 20 heavy (non-hydrogen) atoms. The van der Waals surface area contributed by atoms with Crippen molar-refractivity contribution in [3.8, 4) is 5.75 Å². The van der Waals surface area contributed by atoms with Gasteiger partial charge in [0.1, 0.15) is 5.75 Å². The summed E-state index contributed by atoms with van der Waals surface area (Å²) in [4.78, 5) is 0. The van der Waals surface area contributed by atoms with Gasteiger partial charge in [-0.05, 0) is 65.9 Å². The summed E-state index contributed by atoms with van der Waals surface area (Å²) in [5.74, 6) is 1.49. The fourth-order valence-corrected chi connectivity index (χ4v) is 3.64. The minimum atomic E-state index is 0.328. The lowest BCUT2D eigenvalue weighted by atomic mass is 9.84. The van der Waals surface area contributed by atoms with Crippen LogP contribution in [0.5, 0.6) is 5.75 Å². The molecule has 1 aliphatic carbocycles. The van der Waals surface area contributed by atoms with Gasteiger partial charge in [-0.1, -0.05) is 18.9 Å². The molecule has 3 nitrogen and oxygen atoms in total. The number of rotatable bonds is 5. The first-order valence-corrected chi connectivity index (χ1v) is 8.24. The minimum Gasteiger partial charge on any atom is -0.496 e. The van der Waals surface area contributed by atoms with Gasteiger partial charge in [0.15, 0.2) is 0 Å². The van der Waals surface area contributed by atoms with E-state index in [1.807, 2.05) is 6.07 Å². The number of nitrogens with two attached hydrogens (primary N) is 1. The van der Waals surface area contributed by atoms with Crippen molar-refractivity contribution < 1.29 is 4.74 Å². The molecule has 0 amide bonds. The highest BCUT2D eigenvalue weighted by Crippen LogP contribution is 2.30. The highest BCUT2D eigenvalue weighted by molar-refractivity contribution is 9.10. The zero-order valence-corrected chi connectivity index (χ0v) is 13.9. The van der Waals surface area contributed by atoms with Crippen molar-refractivity contribution in [2.45, 2.75) is 44.7 Å². The van der Waals surface area contributed by atoms with Gasteiger partial charge in [-0.2, -0.15) is 0 Å². The van der Waals surface area contributed by atoms with Crippen molar-refractivity contribution in [3.05, 3.63) is 28.2 Å². The monoisotopic (exact) mass is 340 g/mol. The zero-order chi connectivity index (χ0) is 14.5. The molecule has 1 fully saturated rings. The number of benzene rings is 1. The Kier molecular flexibility index (Phi) is 5.87.